The van der Waals surface area contributed by atoms with Gasteiger partial charge in [0.1, 0.15) is 5.76 Å². The van der Waals surface area contributed by atoms with E-state index in [9.17, 15) is 9.90 Å². The molecule has 1 aliphatic rings. The maximum absolute atomic E-state index is 11.3. The molecule has 0 aliphatic heterocycles. The Kier molecular flexibility index (Phi) is 4.27. The predicted molar refractivity (Wildman–Crippen MR) is 69.8 cm³/mol. The van der Waals surface area contributed by atoms with Gasteiger partial charge in [-0.1, -0.05) is 0 Å². The third kappa shape index (κ3) is 3.36. The first-order valence-electron chi connectivity index (χ1n) is 6.59. The summed E-state index contributed by atoms with van der Waals surface area (Å²) in [5.41, 5.74) is 0. The highest BCUT2D eigenvalue weighted by molar-refractivity contribution is 5.86. The summed E-state index contributed by atoms with van der Waals surface area (Å²) >= 11 is 0. The van der Waals surface area contributed by atoms with Crippen molar-refractivity contribution in [2.45, 2.75) is 31.9 Å². The van der Waals surface area contributed by atoms with Crippen LogP contribution in [0.15, 0.2) is 16.5 Å². The van der Waals surface area contributed by atoms with Crippen LogP contribution in [0.25, 0.3) is 0 Å². The summed E-state index contributed by atoms with van der Waals surface area (Å²) < 4.78 is 10.1. The molecule has 0 aromatic carbocycles. The van der Waals surface area contributed by atoms with Crippen molar-refractivity contribution < 1.29 is 19.1 Å². The van der Waals surface area contributed by atoms with Crippen molar-refractivity contribution in [1.29, 1.82) is 0 Å². The van der Waals surface area contributed by atoms with Crippen molar-refractivity contribution in [3.8, 4) is 0 Å². The molecule has 19 heavy (non-hydrogen) atoms. The Morgan fingerprint density at radius 1 is 1.58 bits per heavy atom. The van der Waals surface area contributed by atoms with Gasteiger partial charge in [-0.05, 0) is 44.9 Å². The van der Waals surface area contributed by atoms with Crippen LogP contribution in [0, 0.1) is 5.92 Å². The average molecular weight is 267 g/mol. The molecule has 5 nitrogen and oxygen atoms in total. The molecule has 1 aromatic rings. The van der Waals surface area contributed by atoms with E-state index in [1.807, 2.05) is 18.9 Å². The lowest BCUT2D eigenvalue weighted by Crippen LogP contribution is -2.32. The summed E-state index contributed by atoms with van der Waals surface area (Å²) in [6, 6.07) is 3.39. The maximum Gasteiger partial charge on any atom is 0.373 e. The molecule has 1 saturated carbocycles. The van der Waals surface area contributed by atoms with Crippen LogP contribution < -0.4 is 0 Å². The van der Waals surface area contributed by atoms with E-state index in [1.54, 1.807) is 12.1 Å². The normalized spacial score (nSPS) is 18.4. The molecule has 2 rings (SSSR count). The highest BCUT2D eigenvalue weighted by Gasteiger charge is 2.31. The molecular formula is C14H21NO4. The predicted octanol–water partition coefficient (Wildman–Crippen LogP) is 1.83. The van der Waals surface area contributed by atoms with Crippen molar-refractivity contribution in [2.75, 3.05) is 20.7 Å². The van der Waals surface area contributed by atoms with Crippen LogP contribution in [-0.2, 0) is 4.74 Å². The van der Waals surface area contributed by atoms with Crippen molar-refractivity contribution in [2.24, 2.45) is 5.92 Å². The van der Waals surface area contributed by atoms with Gasteiger partial charge < -0.3 is 14.3 Å². The van der Waals surface area contributed by atoms with Gasteiger partial charge in [-0.3, -0.25) is 4.90 Å². The lowest BCUT2D eigenvalue weighted by molar-refractivity contribution is 0.0553. The Hall–Kier alpha value is -1.33. The maximum atomic E-state index is 11.3. The monoisotopic (exact) mass is 267 g/mol. The van der Waals surface area contributed by atoms with Crippen LogP contribution >= 0.6 is 0 Å². The van der Waals surface area contributed by atoms with Crippen LogP contribution in [0.3, 0.4) is 0 Å². The molecule has 1 fully saturated rings. The van der Waals surface area contributed by atoms with Gasteiger partial charge in [0.15, 0.2) is 0 Å². The molecule has 2 atom stereocenters. The summed E-state index contributed by atoms with van der Waals surface area (Å²) in [4.78, 5) is 13.4. The molecule has 0 spiro atoms. The Morgan fingerprint density at radius 3 is 2.84 bits per heavy atom. The highest BCUT2D eigenvalue weighted by Crippen LogP contribution is 2.33. The zero-order chi connectivity index (χ0) is 14.0. The van der Waals surface area contributed by atoms with E-state index in [1.165, 1.54) is 7.11 Å². The van der Waals surface area contributed by atoms with Crippen LogP contribution in [-0.4, -0.2) is 42.8 Å². The van der Waals surface area contributed by atoms with E-state index in [2.05, 4.69) is 4.74 Å². The number of aliphatic hydroxyl groups excluding tert-OH is 1. The average Bonchev–Trinajstić information content (AvgIpc) is 3.14. The largest absolute Gasteiger partial charge is 0.463 e. The van der Waals surface area contributed by atoms with Crippen LogP contribution in [0.4, 0.5) is 0 Å². The van der Waals surface area contributed by atoms with E-state index >= 15 is 0 Å². The molecule has 0 radical (unpaired) electrons. The Labute approximate surface area is 113 Å². The smallest absolute Gasteiger partial charge is 0.373 e. The van der Waals surface area contributed by atoms with Gasteiger partial charge in [0.2, 0.25) is 5.76 Å². The second-order valence-corrected chi connectivity index (χ2v) is 5.21. The molecule has 1 N–H and O–H groups in total. The van der Waals surface area contributed by atoms with E-state index in [-0.39, 0.29) is 17.9 Å². The second-order valence-electron chi connectivity index (χ2n) is 5.21. The lowest BCUT2D eigenvalue weighted by atomic mass is 10.1. The molecule has 1 aromatic heterocycles. The molecule has 2 unspecified atom stereocenters. The molecular weight excluding hydrogens is 246 g/mol. The fourth-order valence-electron chi connectivity index (χ4n) is 2.09. The van der Waals surface area contributed by atoms with Gasteiger partial charge in [-0.25, -0.2) is 4.79 Å². The van der Waals surface area contributed by atoms with E-state index in [0.29, 0.717) is 18.2 Å². The summed E-state index contributed by atoms with van der Waals surface area (Å²) in [5, 5.41) is 9.94. The number of hydrogen-bond donors (Lipinski definition) is 1. The van der Waals surface area contributed by atoms with Crippen LogP contribution in [0.5, 0.6) is 0 Å². The number of carbonyl (C=O) groups is 1. The summed E-state index contributed by atoms with van der Waals surface area (Å²) in [6.45, 7) is 2.60. The Balaban J connectivity index is 1.95. The van der Waals surface area contributed by atoms with Crippen molar-refractivity contribution in [1.82, 2.24) is 4.90 Å². The first kappa shape index (κ1) is 14.1. The lowest BCUT2D eigenvalue weighted by Gasteiger charge is -2.25. The Morgan fingerprint density at radius 2 is 2.26 bits per heavy atom. The van der Waals surface area contributed by atoms with Crippen molar-refractivity contribution in [3.05, 3.63) is 23.7 Å². The SMILES string of the molecule is COC(=O)c1ccc(C(C)N(C)CC(O)C2CC2)o1. The second kappa shape index (κ2) is 5.75. The summed E-state index contributed by atoms with van der Waals surface area (Å²) in [7, 11) is 3.27. The number of rotatable bonds is 6. The first-order valence-corrected chi connectivity index (χ1v) is 6.59. The fourth-order valence-corrected chi connectivity index (χ4v) is 2.09. The van der Waals surface area contributed by atoms with Gasteiger partial charge >= 0.3 is 5.97 Å². The third-order valence-corrected chi connectivity index (χ3v) is 3.73. The fraction of sp³-hybridized carbons (Fsp3) is 0.643. The number of aliphatic hydroxyl groups is 1. The quantitative estimate of drug-likeness (QED) is 0.797. The minimum absolute atomic E-state index is 0.00630. The minimum Gasteiger partial charge on any atom is -0.463 e. The molecule has 106 valence electrons. The molecule has 0 amide bonds. The van der Waals surface area contributed by atoms with Gasteiger partial charge in [0.25, 0.3) is 0 Å². The summed E-state index contributed by atoms with van der Waals surface area (Å²) in [5.74, 6) is 0.891. The minimum atomic E-state index is -0.473. The van der Waals surface area contributed by atoms with E-state index in [4.69, 9.17) is 4.42 Å². The van der Waals surface area contributed by atoms with Crippen molar-refractivity contribution in [3.63, 3.8) is 0 Å². The number of nitrogens with zero attached hydrogens (tertiary/aromatic N) is 1. The molecule has 0 saturated heterocycles. The van der Waals surface area contributed by atoms with Crippen LogP contribution in [0.2, 0.25) is 0 Å². The molecule has 5 heteroatoms. The van der Waals surface area contributed by atoms with Gasteiger partial charge in [-0.2, -0.15) is 0 Å². The first-order chi connectivity index (χ1) is 9.02. The summed E-state index contributed by atoms with van der Waals surface area (Å²) in [6.07, 6.45) is 1.97. The number of esters is 1. The van der Waals surface area contributed by atoms with Gasteiger partial charge in [-0.15, -0.1) is 0 Å². The zero-order valence-corrected chi connectivity index (χ0v) is 11.6. The van der Waals surface area contributed by atoms with E-state index in [0.717, 1.165) is 12.8 Å². The number of hydrogen-bond acceptors (Lipinski definition) is 5. The van der Waals surface area contributed by atoms with E-state index < -0.39 is 5.97 Å². The third-order valence-electron chi connectivity index (χ3n) is 3.73. The molecule has 1 aliphatic carbocycles. The molecule has 0 bridgehead atoms. The topological polar surface area (TPSA) is 62.9 Å². The zero-order valence-electron chi connectivity index (χ0n) is 11.6. The number of methoxy groups -OCH3 is 1. The highest BCUT2D eigenvalue weighted by atomic mass is 16.5. The Bertz CT molecular complexity index is 438. The number of ether oxygens (including phenoxy) is 1. The van der Waals surface area contributed by atoms with Gasteiger partial charge in [0, 0.05) is 6.54 Å². The number of likely N-dealkylation sites (N-methyl/N-ethyl adjacent to an activating group) is 1. The van der Waals surface area contributed by atoms with Gasteiger partial charge in [0.05, 0.1) is 19.3 Å². The number of furan rings is 1. The van der Waals surface area contributed by atoms with Crippen LogP contribution in [0.1, 0.15) is 42.1 Å². The standard InChI is InChI=1S/C14H21NO4/c1-9(15(2)8-11(16)10-4-5-10)12-6-7-13(19-12)14(17)18-3/h6-7,9-11,16H,4-5,8H2,1-3H3. The van der Waals surface area contributed by atoms with Crippen molar-refractivity contribution >= 4 is 5.97 Å². The number of carbonyl (C=O) groups excluding carboxylic acids is 1. The molecule has 1 heterocycles.